The number of nitrogens with zero attached hydrogens (tertiary/aromatic N) is 2. The van der Waals surface area contributed by atoms with Crippen molar-refractivity contribution < 1.29 is 22.3 Å². The molecular weight excluding hydrogens is 409 g/mol. The van der Waals surface area contributed by atoms with Crippen molar-refractivity contribution in [3.8, 4) is 0 Å². The smallest absolute Gasteiger partial charge is 0.322 e. The lowest BCUT2D eigenvalue weighted by Crippen LogP contribution is -2.71. The Labute approximate surface area is 177 Å². The fourth-order valence-electron chi connectivity index (χ4n) is 4.77. The van der Waals surface area contributed by atoms with Crippen molar-refractivity contribution >= 4 is 21.6 Å². The van der Waals surface area contributed by atoms with Gasteiger partial charge in [0.2, 0.25) is 0 Å². The maximum atomic E-state index is 13.0. The maximum Gasteiger partial charge on any atom is 0.322 e. The molecule has 0 aromatic heterocycles. The zero-order valence-corrected chi connectivity index (χ0v) is 18.2. The van der Waals surface area contributed by atoms with E-state index in [9.17, 15) is 17.6 Å². The second-order valence-electron chi connectivity index (χ2n) is 8.95. The SMILES string of the molecule is CN(C[C@H]1COC2(CN(C(=O)Nc3ccc(F)cc3)C2)CS1(=O)=O)C1CCCCC1. The lowest BCUT2D eigenvalue weighted by molar-refractivity contribution is -0.117. The van der Waals surface area contributed by atoms with Gasteiger partial charge in [-0.25, -0.2) is 17.6 Å². The fourth-order valence-corrected chi connectivity index (χ4v) is 6.74. The molecule has 1 aromatic carbocycles. The number of nitrogens with one attached hydrogen (secondary N) is 1. The summed E-state index contributed by atoms with van der Waals surface area (Å²) in [5.74, 6) is -0.427. The molecule has 4 rings (SSSR count). The molecule has 1 atom stereocenters. The second kappa shape index (κ2) is 8.43. The normalized spacial score (nSPS) is 25.8. The number of ether oxygens (including phenoxy) is 1. The highest BCUT2D eigenvalue weighted by Crippen LogP contribution is 2.33. The molecule has 2 saturated heterocycles. The molecule has 166 valence electrons. The van der Waals surface area contributed by atoms with Crippen LogP contribution in [0.2, 0.25) is 0 Å². The van der Waals surface area contributed by atoms with Gasteiger partial charge in [0.25, 0.3) is 0 Å². The topological polar surface area (TPSA) is 79.0 Å². The predicted molar refractivity (Wildman–Crippen MR) is 113 cm³/mol. The van der Waals surface area contributed by atoms with Gasteiger partial charge in [-0.1, -0.05) is 19.3 Å². The summed E-state index contributed by atoms with van der Waals surface area (Å²) in [4.78, 5) is 16.1. The number of carbonyl (C=O) groups is 1. The van der Waals surface area contributed by atoms with Gasteiger partial charge >= 0.3 is 6.03 Å². The predicted octanol–water partition coefficient (Wildman–Crippen LogP) is 2.49. The summed E-state index contributed by atoms with van der Waals surface area (Å²) < 4.78 is 44.9. The summed E-state index contributed by atoms with van der Waals surface area (Å²) >= 11 is 0. The van der Waals surface area contributed by atoms with Crippen molar-refractivity contribution in [1.82, 2.24) is 9.80 Å². The largest absolute Gasteiger partial charge is 0.369 e. The van der Waals surface area contributed by atoms with Crippen molar-refractivity contribution in [3.05, 3.63) is 30.1 Å². The van der Waals surface area contributed by atoms with E-state index in [4.69, 9.17) is 4.74 Å². The number of hydrogen-bond donors (Lipinski definition) is 1. The number of amides is 2. The van der Waals surface area contributed by atoms with Crippen LogP contribution in [0.3, 0.4) is 0 Å². The molecule has 0 radical (unpaired) electrons. The van der Waals surface area contributed by atoms with E-state index < -0.39 is 20.7 Å². The molecule has 0 bridgehead atoms. The minimum atomic E-state index is -3.31. The summed E-state index contributed by atoms with van der Waals surface area (Å²) in [6, 6.07) is 5.63. The molecule has 2 aliphatic heterocycles. The summed E-state index contributed by atoms with van der Waals surface area (Å²) in [5.41, 5.74) is -0.316. The molecule has 9 heteroatoms. The van der Waals surface area contributed by atoms with Crippen LogP contribution in [-0.2, 0) is 14.6 Å². The van der Waals surface area contributed by atoms with E-state index in [2.05, 4.69) is 10.2 Å². The minimum Gasteiger partial charge on any atom is -0.369 e. The molecule has 2 amide bonds. The lowest BCUT2D eigenvalue weighted by Gasteiger charge is -2.52. The quantitative estimate of drug-likeness (QED) is 0.780. The number of hydrogen-bond acceptors (Lipinski definition) is 5. The van der Waals surface area contributed by atoms with E-state index in [1.165, 1.54) is 48.4 Å². The average molecular weight is 440 g/mol. The number of likely N-dealkylation sites (tertiary alicyclic amines) is 1. The van der Waals surface area contributed by atoms with E-state index >= 15 is 0 Å². The van der Waals surface area contributed by atoms with Gasteiger partial charge < -0.3 is 19.9 Å². The van der Waals surface area contributed by atoms with Crippen LogP contribution in [0.4, 0.5) is 14.9 Å². The molecule has 3 aliphatic rings. The molecule has 1 aliphatic carbocycles. The van der Waals surface area contributed by atoms with Gasteiger partial charge in [-0.3, -0.25) is 0 Å². The Morgan fingerprint density at radius 1 is 1.23 bits per heavy atom. The van der Waals surface area contributed by atoms with Crippen molar-refractivity contribution in [2.24, 2.45) is 0 Å². The molecule has 1 aromatic rings. The third-order valence-electron chi connectivity index (χ3n) is 6.58. The van der Waals surface area contributed by atoms with Crippen LogP contribution in [0.25, 0.3) is 0 Å². The molecule has 3 fully saturated rings. The van der Waals surface area contributed by atoms with Crippen LogP contribution < -0.4 is 5.32 Å². The monoisotopic (exact) mass is 439 g/mol. The highest BCUT2D eigenvalue weighted by molar-refractivity contribution is 7.92. The Morgan fingerprint density at radius 3 is 2.53 bits per heavy atom. The van der Waals surface area contributed by atoms with Crippen molar-refractivity contribution in [2.75, 3.05) is 44.4 Å². The van der Waals surface area contributed by atoms with E-state index in [0.29, 0.717) is 18.3 Å². The number of rotatable bonds is 4. The Hall–Kier alpha value is -1.71. The number of halogens is 1. The first-order chi connectivity index (χ1) is 14.3. The third kappa shape index (κ3) is 4.63. The highest BCUT2D eigenvalue weighted by Gasteiger charge is 2.54. The molecule has 0 unspecified atom stereocenters. The first-order valence-electron chi connectivity index (χ1n) is 10.6. The molecule has 2 heterocycles. The average Bonchev–Trinajstić information content (AvgIpc) is 2.69. The van der Waals surface area contributed by atoms with Crippen LogP contribution in [0.15, 0.2) is 24.3 Å². The zero-order chi connectivity index (χ0) is 21.4. The van der Waals surface area contributed by atoms with Crippen molar-refractivity contribution in [1.29, 1.82) is 0 Å². The maximum absolute atomic E-state index is 13.0. The number of benzene rings is 1. The summed E-state index contributed by atoms with van der Waals surface area (Å²) in [6.07, 6.45) is 5.95. The van der Waals surface area contributed by atoms with Gasteiger partial charge in [0, 0.05) is 18.3 Å². The van der Waals surface area contributed by atoms with E-state index in [-0.39, 0.29) is 37.3 Å². The van der Waals surface area contributed by atoms with Crippen LogP contribution >= 0.6 is 0 Å². The van der Waals surface area contributed by atoms with Crippen LogP contribution in [0.5, 0.6) is 0 Å². The number of carbonyl (C=O) groups excluding carboxylic acids is 1. The molecule has 1 saturated carbocycles. The van der Waals surface area contributed by atoms with Gasteiger partial charge in [0.1, 0.15) is 11.4 Å². The van der Waals surface area contributed by atoms with E-state index in [1.807, 2.05) is 7.05 Å². The Kier molecular flexibility index (Phi) is 6.05. The highest BCUT2D eigenvalue weighted by atomic mass is 32.2. The van der Waals surface area contributed by atoms with Crippen LogP contribution in [-0.4, -0.2) is 80.2 Å². The Balaban J connectivity index is 1.29. The van der Waals surface area contributed by atoms with Crippen LogP contribution in [0.1, 0.15) is 32.1 Å². The molecule has 1 spiro atoms. The second-order valence-corrected chi connectivity index (χ2v) is 11.2. The lowest BCUT2D eigenvalue weighted by atomic mass is 9.94. The van der Waals surface area contributed by atoms with Crippen molar-refractivity contribution in [2.45, 2.75) is 49.0 Å². The third-order valence-corrected chi connectivity index (χ3v) is 8.81. The Morgan fingerprint density at radius 2 is 1.90 bits per heavy atom. The molecule has 7 nitrogen and oxygen atoms in total. The first-order valence-corrected chi connectivity index (χ1v) is 12.4. The number of anilines is 1. The minimum absolute atomic E-state index is 0.0521. The van der Waals surface area contributed by atoms with Crippen LogP contribution in [0, 0.1) is 5.82 Å². The van der Waals surface area contributed by atoms with Crippen molar-refractivity contribution in [3.63, 3.8) is 0 Å². The van der Waals surface area contributed by atoms with E-state index in [1.54, 1.807) is 0 Å². The molecular formula is C21H30FN3O4S. The summed E-state index contributed by atoms with van der Waals surface area (Å²) in [7, 11) is -1.29. The summed E-state index contributed by atoms with van der Waals surface area (Å²) in [6.45, 7) is 1.15. The number of sulfone groups is 1. The zero-order valence-electron chi connectivity index (χ0n) is 17.3. The summed E-state index contributed by atoms with van der Waals surface area (Å²) in [5, 5.41) is 2.18. The standard InChI is InChI=1S/C21H30FN3O4S/c1-24(18-5-3-2-4-6-18)11-19-12-29-21(15-30(19,27)28)13-25(14-21)20(26)23-17-9-7-16(22)8-10-17/h7-10,18-19H,2-6,11-15H2,1H3,(H,23,26)/t19-/m0/s1. The van der Waals surface area contributed by atoms with Gasteiger partial charge in [-0.15, -0.1) is 0 Å². The molecule has 30 heavy (non-hydrogen) atoms. The van der Waals surface area contributed by atoms with Gasteiger partial charge in [-0.2, -0.15) is 0 Å². The Bertz CT molecular complexity index is 865. The number of urea groups is 1. The van der Waals surface area contributed by atoms with Gasteiger partial charge in [0.15, 0.2) is 9.84 Å². The van der Waals surface area contributed by atoms with E-state index in [0.717, 1.165) is 12.8 Å². The molecule has 1 N–H and O–H groups in total. The van der Waals surface area contributed by atoms with Gasteiger partial charge in [0.05, 0.1) is 30.7 Å². The first kappa shape index (κ1) is 21.5. The van der Waals surface area contributed by atoms with Gasteiger partial charge in [-0.05, 0) is 44.2 Å². The fraction of sp³-hybridized carbons (Fsp3) is 0.667.